The van der Waals surface area contributed by atoms with Crippen LogP contribution in [0, 0.1) is 5.92 Å². The maximum atomic E-state index is 5.67. The molecule has 0 spiro atoms. The molecule has 0 radical (unpaired) electrons. The van der Waals surface area contributed by atoms with Gasteiger partial charge in [-0.25, -0.2) is 0 Å². The summed E-state index contributed by atoms with van der Waals surface area (Å²) >= 11 is 0. The summed E-state index contributed by atoms with van der Waals surface area (Å²) < 4.78 is 11.3. The van der Waals surface area contributed by atoms with Crippen LogP contribution in [0.3, 0.4) is 0 Å². The Hall–Kier alpha value is -1.38. The van der Waals surface area contributed by atoms with E-state index in [4.69, 9.17) is 9.47 Å². The van der Waals surface area contributed by atoms with E-state index in [1.807, 2.05) is 12.1 Å². The van der Waals surface area contributed by atoms with Crippen molar-refractivity contribution in [1.82, 2.24) is 0 Å². The summed E-state index contributed by atoms with van der Waals surface area (Å²) in [6, 6.07) is 6.09. The summed E-state index contributed by atoms with van der Waals surface area (Å²) in [5.74, 6) is 2.50. The number of fused-ring (bicyclic) bond motifs is 1. The number of ether oxygens (including phenoxy) is 2. The van der Waals surface area contributed by atoms with Crippen LogP contribution in [-0.4, -0.2) is 19.8 Å². The molecule has 18 heavy (non-hydrogen) atoms. The van der Waals surface area contributed by atoms with Gasteiger partial charge in [0.2, 0.25) is 0 Å². The molecule has 2 rings (SSSR count). The van der Waals surface area contributed by atoms with E-state index in [-0.39, 0.29) is 0 Å². The van der Waals surface area contributed by atoms with Crippen LogP contribution in [0.4, 0.5) is 5.69 Å². The second-order valence-corrected chi connectivity index (χ2v) is 5.17. The summed E-state index contributed by atoms with van der Waals surface area (Å²) in [6.07, 6.45) is 3.41. The molecule has 1 aromatic carbocycles. The van der Waals surface area contributed by atoms with Crippen molar-refractivity contribution in [2.75, 3.05) is 25.1 Å². The number of anilines is 1. The lowest BCUT2D eigenvalue weighted by atomic mass is 10.1. The van der Waals surface area contributed by atoms with Crippen LogP contribution in [0.25, 0.3) is 0 Å². The number of hydrogen-bond donors (Lipinski definition) is 1. The lowest BCUT2D eigenvalue weighted by Crippen LogP contribution is -2.03. The van der Waals surface area contributed by atoms with Crippen LogP contribution in [0.15, 0.2) is 18.2 Å². The van der Waals surface area contributed by atoms with Gasteiger partial charge in [0.15, 0.2) is 11.5 Å². The Labute approximate surface area is 109 Å². The van der Waals surface area contributed by atoms with Gasteiger partial charge in [-0.05, 0) is 30.9 Å². The van der Waals surface area contributed by atoms with Crippen LogP contribution in [0.1, 0.15) is 33.1 Å². The van der Waals surface area contributed by atoms with Crippen LogP contribution in [0.2, 0.25) is 0 Å². The lowest BCUT2D eigenvalue weighted by Gasteiger charge is -2.11. The highest BCUT2D eigenvalue weighted by Crippen LogP contribution is 2.32. The van der Waals surface area contributed by atoms with Gasteiger partial charge in [-0.3, -0.25) is 0 Å². The molecule has 0 bridgehead atoms. The standard InChI is InChI=1S/C15H23NO2/c1-12(2)5-3-8-16-13-6-7-14-15(11-13)18-10-4-9-17-14/h6-7,11-12,16H,3-5,8-10H2,1-2H3. The smallest absolute Gasteiger partial charge is 0.163 e. The Bertz CT molecular complexity index is 377. The zero-order valence-electron chi connectivity index (χ0n) is 11.4. The summed E-state index contributed by atoms with van der Waals surface area (Å²) in [5, 5.41) is 3.43. The fourth-order valence-corrected chi connectivity index (χ4v) is 2.02. The van der Waals surface area contributed by atoms with Crippen molar-refractivity contribution in [1.29, 1.82) is 0 Å². The van der Waals surface area contributed by atoms with Crippen LogP contribution in [0.5, 0.6) is 11.5 Å². The SMILES string of the molecule is CC(C)CCCNc1ccc2c(c1)OCCCO2. The monoisotopic (exact) mass is 249 g/mol. The average molecular weight is 249 g/mol. The third-order valence-electron chi connectivity index (χ3n) is 3.03. The summed E-state index contributed by atoms with van der Waals surface area (Å²) in [5.41, 5.74) is 1.11. The molecule has 1 aliphatic heterocycles. The molecule has 1 aromatic rings. The Morgan fingerprint density at radius 1 is 1.17 bits per heavy atom. The predicted octanol–water partition coefficient (Wildman–Crippen LogP) is 3.70. The minimum atomic E-state index is 0.740. The quantitative estimate of drug-likeness (QED) is 0.807. The van der Waals surface area contributed by atoms with E-state index in [9.17, 15) is 0 Å². The molecule has 0 atom stereocenters. The van der Waals surface area contributed by atoms with E-state index in [0.717, 1.165) is 49.3 Å². The molecule has 0 saturated heterocycles. The zero-order valence-corrected chi connectivity index (χ0v) is 11.4. The molecule has 0 unspecified atom stereocenters. The topological polar surface area (TPSA) is 30.5 Å². The van der Waals surface area contributed by atoms with Crippen molar-refractivity contribution < 1.29 is 9.47 Å². The molecule has 0 fully saturated rings. The van der Waals surface area contributed by atoms with Crippen LogP contribution >= 0.6 is 0 Å². The Morgan fingerprint density at radius 3 is 2.72 bits per heavy atom. The van der Waals surface area contributed by atoms with Gasteiger partial charge in [-0.2, -0.15) is 0 Å². The lowest BCUT2D eigenvalue weighted by molar-refractivity contribution is 0.297. The molecule has 0 aromatic heterocycles. The summed E-state index contributed by atoms with van der Waals surface area (Å²) in [6.45, 7) is 7.01. The third-order valence-corrected chi connectivity index (χ3v) is 3.03. The van der Waals surface area contributed by atoms with E-state index in [1.54, 1.807) is 0 Å². The largest absolute Gasteiger partial charge is 0.490 e. The minimum Gasteiger partial charge on any atom is -0.490 e. The van der Waals surface area contributed by atoms with Gasteiger partial charge in [-0.15, -0.1) is 0 Å². The molecule has 0 amide bonds. The maximum Gasteiger partial charge on any atom is 0.163 e. The minimum absolute atomic E-state index is 0.740. The van der Waals surface area contributed by atoms with E-state index >= 15 is 0 Å². The molecule has 1 heterocycles. The molecular formula is C15H23NO2. The predicted molar refractivity (Wildman–Crippen MR) is 74.6 cm³/mol. The van der Waals surface area contributed by atoms with Gasteiger partial charge in [0.1, 0.15) is 0 Å². The third kappa shape index (κ3) is 3.83. The normalized spacial score (nSPS) is 14.4. The van der Waals surface area contributed by atoms with E-state index in [0.29, 0.717) is 0 Å². The second kappa shape index (κ2) is 6.53. The van der Waals surface area contributed by atoms with Gasteiger partial charge in [0.05, 0.1) is 13.2 Å². The number of rotatable bonds is 5. The maximum absolute atomic E-state index is 5.67. The molecule has 0 aliphatic carbocycles. The molecule has 1 aliphatic rings. The Kier molecular flexibility index (Phi) is 4.73. The van der Waals surface area contributed by atoms with E-state index < -0.39 is 0 Å². The molecular weight excluding hydrogens is 226 g/mol. The molecule has 100 valence electrons. The second-order valence-electron chi connectivity index (χ2n) is 5.17. The Balaban J connectivity index is 1.88. The summed E-state index contributed by atoms with van der Waals surface area (Å²) in [4.78, 5) is 0. The highest BCUT2D eigenvalue weighted by molar-refractivity contribution is 5.54. The van der Waals surface area contributed by atoms with Gasteiger partial charge < -0.3 is 14.8 Å². The van der Waals surface area contributed by atoms with Crippen molar-refractivity contribution in [2.45, 2.75) is 33.1 Å². The number of hydrogen-bond acceptors (Lipinski definition) is 3. The molecule has 0 saturated carbocycles. The van der Waals surface area contributed by atoms with Gasteiger partial charge >= 0.3 is 0 Å². The van der Waals surface area contributed by atoms with Gasteiger partial charge in [-0.1, -0.05) is 13.8 Å². The average Bonchev–Trinajstić information content (AvgIpc) is 2.59. The fraction of sp³-hybridized carbons (Fsp3) is 0.600. The number of nitrogens with one attached hydrogen (secondary N) is 1. The first-order valence-corrected chi connectivity index (χ1v) is 6.89. The van der Waals surface area contributed by atoms with Crippen molar-refractivity contribution in [3.05, 3.63) is 18.2 Å². The first-order valence-electron chi connectivity index (χ1n) is 6.89. The summed E-state index contributed by atoms with van der Waals surface area (Å²) in [7, 11) is 0. The zero-order chi connectivity index (χ0) is 12.8. The highest BCUT2D eigenvalue weighted by Gasteiger charge is 2.10. The molecule has 1 N–H and O–H groups in total. The van der Waals surface area contributed by atoms with Crippen LogP contribution in [-0.2, 0) is 0 Å². The van der Waals surface area contributed by atoms with Crippen molar-refractivity contribution in [3.63, 3.8) is 0 Å². The fourth-order valence-electron chi connectivity index (χ4n) is 2.02. The van der Waals surface area contributed by atoms with Crippen molar-refractivity contribution in [3.8, 4) is 11.5 Å². The number of benzene rings is 1. The van der Waals surface area contributed by atoms with Crippen molar-refractivity contribution >= 4 is 5.69 Å². The first-order chi connectivity index (χ1) is 8.75. The van der Waals surface area contributed by atoms with Gasteiger partial charge in [0.25, 0.3) is 0 Å². The highest BCUT2D eigenvalue weighted by atomic mass is 16.5. The van der Waals surface area contributed by atoms with E-state index in [2.05, 4.69) is 25.2 Å². The van der Waals surface area contributed by atoms with E-state index in [1.165, 1.54) is 12.8 Å². The first kappa shape index (κ1) is 13.1. The Morgan fingerprint density at radius 2 is 1.94 bits per heavy atom. The molecule has 3 nitrogen and oxygen atoms in total. The molecule has 3 heteroatoms. The van der Waals surface area contributed by atoms with Crippen LogP contribution < -0.4 is 14.8 Å². The van der Waals surface area contributed by atoms with Gasteiger partial charge in [0, 0.05) is 24.7 Å². The van der Waals surface area contributed by atoms with Crippen molar-refractivity contribution in [2.24, 2.45) is 5.92 Å².